The van der Waals surface area contributed by atoms with Crippen molar-refractivity contribution in [2.75, 3.05) is 4.90 Å². The van der Waals surface area contributed by atoms with Gasteiger partial charge in [-0.2, -0.15) is 0 Å². The van der Waals surface area contributed by atoms with Gasteiger partial charge in [0, 0.05) is 32.2 Å². The van der Waals surface area contributed by atoms with E-state index in [9.17, 15) is 14.0 Å². The van der Waals surface area contributed by atoms with Crippen LogP contribution in [0.25, 0.3) is 0 Å². The zero-order valence-electron chi connectivity index (χ0n) is 17.6. The molecule has 0 saturated carbocycles. The molecule has 32 heavy (non-hydrogen) atoms. The first kappa shape index (κ1) is 22.7. The third-order valence-electron chi connectivity index (χ3n) is 5.50. The van der Waals surface area contributed by atoms with Crippen LogP contribution in [0.1, 0.15) is 47.0 Å². The summed E-state index contributed by atoms with van der Waals surface area (Å²) in [6.07, 6.45) is 1.56. The fourth-order valence-corrected chi connectivity index (χ4v) is 5.37. The van der Waals surface area contributed by atoms with Crippen LogP contribution in [0.5, 0.6) is 0 Å². The molecule has 1 N–H and O–H groups in total. The molecule has 0 atom stereocenters. The Morgan fingerprint density at radius 2 is 2.09 bits per heavy atom. The number of carbonyl (C=O) groups excluding carboxylic acids is 2. The van der Waals surface area contributed by atoms with Gasteiger partial charge in [-0.1, -0.05) is 17.7 Å². The van der Waals surface area contributed by atoms with E-state index in [-0.39, 0.29) is 35.5 Å². The van der Waals surface area contributed by atoms with Crippen molar-refractivity contribution in [3.05, 3.63) is 79.3 Å². The molecule has 1 aliphatic heterocycles. The average Bonchev–Trinajstić information content (AvgIpc) is 3.23. The zero-order chi connectivity index (χ0) is 23.2. The lowest BCUT2D eigenvalue weighted by molar-refractivity contribution is -0.122. The van der Waals surface area contributed by atoms with Crippen LogP contribution in [-0.4, -0.2) is 16.8 Å². The lowest BCUT2D eigenvalue weighted by Crippen LogP contribution is -2.36. The Morgan fingerprint density at radius 3 is 2.75 bits per heavy atom. The van der Waals surface area contributed by atoms with E-state index in [1.54, 1.807) is 31.3 Å². The van der Waals surface area contributed by atoms with E-state index in [1.807, 2.05) is 13.8 Å². The van der Waals surface area contributed by atoms with Crippen molar-refractivity contribution in [3.63, 3.8) is 0 Å². The number of aromatic nitrogens is 1. The first-order valence-electron chi connectivity index (χ1n) is 9.88. The highest BCUT2D eigenvalue weighted by molar-refractivity contribution is 14.1. The number of halogens is 3. The summed E-state index contributed by atoms with van der Waals surface area (Å²) in [6, 6.07) is 7.83. The molecule has 0 aliphatic carbocycles. The normalized spacial score (nSPS) is 14.6. The molecule has 0 bridgehead atoms. The number of rotatable bonds is 5. The molecule has 0 unspecified atom stereocenters. The number of hydrogen-bond donors (Lipinski definition) is 1. The lowest BCUT2D eigenvalue weighted by atomic mass is 9.86. The van der Waals surface area contributed by atoms with Gasteiger partial charge in [0.25, 0.3) is 5.91 Å². The van der Waals surface area contributed by atoms with Gasteiger partial charge in [-0.3, -0.25) is 9.59 Å². The maximum atomic E-state index is 14.4. The van der Waals surface area contributed by atoms with E-state index in [0.717, 1.165) is 9.13 Å². The molecule has 0 fully saturated rings. The number of carbonyl (C=O) groups is 2. The summed E-state index contributed by atoms with van der Waals surface area (Å²) in [4.78, 5) is 31.6. The van der Waals surface area contributed by atoms with Gasteiger partial charge in [-0.15, -0.1) is 0 Å². The number of nitrogens with zero attached hydrogens (tertiary/aromatic N) is 2. The fraction of sp³-hybridized carbons (Fsp3) is 0.261. The SMILES string of the molecule is Cc1ncc(CNC(=O)c2cc(I)c3c(c2)N(Cc2c(F)cccc2Cl)C(=O)C3(C)C)o1. The molecule has 0 spiro atoms. The summed E-state index contributed by atoms with van der Waals surface area (Å²) in [5, 5.41) is 3.05. The molecule has 2 heterocycles. The Kier molecular flexibility index (Phi) is 6.02. The Hall–Kier alpha value is -2.46. The van der Waals surface area contributed by atoms with E-state index in [1.165, 1.54) is 17.0 Å². The van der Waals surface area contributed by atoms with Gasteiger partial charge < -0.3 is 14.6 Å². The maximum Gasteiger partial charge on any atom is 0.251 e. The molecular weight excluding hydrogens is 548 g/mol. The van der Waals surface area contributed by atoms with Crippen LogP contribution >= 0.6 is 34.2 Å². The minimum Gasteiger partial charge on any atom is -0.444 e. The van der Waals surface area contributed by atoms with E-state index >= 15 is 0 Å². The van der Waals surface area contributed by atoms with Gasteiger partial charge in [0.2, 0.25) is 5.91 Å². The van der Waals surface area contributed by atoms with Crippen LogP contribution in [0.4, 0.5) is 10.1 Å². The van der Waals surface area contributed by atoms with Crippen LogP contribution in [0, 0.1) is 16.3 Å². The molecule has 3 aromatic rings. The molecule has 1 aromatic heterocycles. The topological polar surface area (TPSA) is 75.4 Å². The highest BCUT2D eigenvalue weighted by Crippen LogP contribution is 2.45. The van der Waals surface area contributed by atoms with Crippen molar-refractivity contribution in [2.24, 2.45) is 0 Å². The van der Waals surface area contributed by atoms with E-state index in [2.05, 4.69) is 32.9 Å². The van der Waals surface area contributed by atoms with Crippen molar-refractivity contribution in [1.29, 1.82) is 0 Å². The van der Waals surface area contributed by atoms with Crippen LogP contribution in [-0.2, 0) is 23.3 Å². The number of fused-ring (bicyclic) bond motifs is 1. The Bertz CT molecular complexity index is 1220. The number of aryl methyl sites for hydroxylation is 1. The van der Waals surface area contributed by atoms with Crippen LogP contribution in [0.3, 0.4) is 0 Å². The first-order chi connectivity index (χ1) is 15.1. The molecule has 2 aromatic carbocycles. The molecule has 0 radical (unpaired) electrons. The van der Waals surface area contributed by atoms with Crippen molar-refractivity contribution >= 4 is 51.7 Å². The summed E-state index contributed by atoms with van der Waals surface area (Å²) in [6.45, 7) is 5.53. The lowest BCUT2D eigenvalue weighted by Gasteiger charge is -2.21. The van der Waals surface area contributed by atoms with Gasteiger partial charge in [0.05, 0.1) is 30.4 Å². The predicted molar refractivity (Wildman–Crippen MR) is 127 cm³/mol. The van der Waals surface area contributed by atoms with E-state index < -0.39 is 11.2 Å². The number of benzene rings is 2. The smallest absolute Gasteiger partial charge is 0.251 e. The molecule has 1 aliphatic rings. The van der Waals surface area contributed by atoms with Crippen LogP contribution in [0.15, 0.2) is 40.9 Å². The molecule has 9 heteroatoms. The number of anilines is 1. The van der Waals surface area contributed by atoms with E-state index in [0.29, 0.717) is 22.9 Å². The molecule has 0 saturated heterocycles. The molecule has 2 amide bonds. The monoisotopic (exact) mass is 567 g/mol. The predicted octanol–water partition coefficient (Wildman–Crippen LogP) is 5.13. The summed E-state index contributed by atoms with van der Waals surface area (Å²) in [5.74, 6) is 0.0751. The van der Waals surface area contributed by atoms with Gasteiger partial charge in [0.1, 0.15) is 11.6 Å². The highest BCUT2D eigenvalue weighted by atomic mass is 127. The van der Waals surface area contributed by atoms with Crippen LogP contribution < -0.4 is 10.2 Å². The van der Waals surface area contributed by atoms with Crippen molar-refractivity contribution < 1.29 is 18.4 Å². The quantitative estimate of drug-likeness (QED) is 0.434. The number of hydrogen-bond acceptors (Lipinski definition) is 4. The molecule has 166 valence electrons. The summed E-state index contributed by atoms with van der Waals surface area (Å²) in [7, 11) is 0. The van der Waals surface area contributed by atoms with Crippen molar-refractivity contribution in [2.45, 2.75) is 39.3 Å². The van der Waals surface area contributed by atoms with Crippen LogP contribution in [0.2, 0.25) is 5.02 Å². The van der Waals surface area contributed by atoms with Gasteiger partial charge in [0.15, 0.2) is 5.89 Å². The minimum absolute atomic E-state index is 0.0285. The van der Waals surface area contributed by atoms with Gasteiger partial charge in [-0.05, 0) is 60.7 Å². The van der Waals surface area contributed by atoms with Gasteiger partial charge >= 0.3 is 0 Å². The number of amides is 2. The summed E-state index contributed by atoms with van der Waals surface area (Å²) in [5.41, 5.74) is 1.18. The number of oxazole rings is 1. The highest BCUT2D eigenvalue weighted by Gasteiger charge is 2.46. The third-order valence-corrected chi connectivity index (χ3v) is 6.70. The third kappa shape index (κ3) is 4.01. The Labute approximate surface area is 203 Å². The summed E-state index contributed by atoms with van der Waals surface area (Å²) >= 11 is 8.34. The second-order valence-electron chi connectivity index (χ2n) is 8.10. The minimum atomic E-state index is -0.823. The fourth-order valence-electron chi connectivity index (χ4n) is 3.86. The second kappa shape index (κ2) is 8.47. The maximum absolute atomic E-state index is 14.4. The first-order valence-corrected chi connectivity index (χ1v) is 11.3. The zero-order valence-corrected chi connectivity index (χ0v) is 20.5. The molecular formula is C23H20ClFIN3O3. The Morgan fingerprint density at radius 1 is 1.34 bits per heavy atom. The Balaban J connectivity index is 1.69. The van der Waals surface area contributed by atoms with Crippen molar-refractivity contribution in [1.82, 2.24) is 10.3 Å². The van der Waals surface area contributed by atoms with Gasteiger partial charge in [-0.25, -0.2) is 9.37 Å². The second-order valence-corrected chi connectivity index (χ2v) is 9.67. The standard InChI is InChI=1S/C23H20ClFIN3O3/c1-12-27-9-14(32-12)10-28-21(30)13-7-18(26)20-19(8-13)29(22(31)23(20,2)3)11-15-16(24)5-4-6-17(15)25/h4-9H,10-11H2,1-3H3,(H,28,30). The molecule has 6 nitrogen and oxygen atoms in total. The molecule has 4 rings (SSSR count). The van der Waals surface area contributed by atoms with Crippen molar-refractivity contribution in [3.8, 4) is 0 Å². The largest absolute Gasteiger partial charge is 0.444 e. The number of nitrogens with one attached hydrogen (secondary N) is 1. The van der Waals surface area contributed by atoms with E-state index in [4.69, 9.17) is 16.0 Å². The average molecular weight is 568 g/mol. The summed E-state index contributed by atoms with van der Waals surface area (Å²) < 4.78 is 20.6.